The first-order chi connectivity index (χ1) is 6.75. The standard InChI is InChI=1S/C9H10N2O3/c12-7-2-4-11(9(13)5-7)6-8-1-3-10-14-8/h1,3H,2,4-6H2. The minimum atomic E-state index is -0.127. The molecule has 1 aliphatic rings. The number of rotatable bonds is 2. The van der Waals surface area contributed by atoms with Gasteiger partial charge in [-0.15, -0.1) is 0 Å². The topological polar surface area (TPSA) is 63.4 Å². The van der Waals surface area contributed by atoms with Crippen molar-refractivity contribution in [3.63, 3.8) is 0 Å². The summed E-state index contributed by atoms with van der Waals surface area (Å²) < 4.78 is 4.88. The van der Waals surface area contributed by atoms with Crippen molar-refractivity contribution in [1.82, 2.24) is 10.1 Å². The van der Waals surface area contributed by atoms with E-state index >= 15 is 0 Å². The van der Waals surface area contributed by atoms with Crippen LogP contribution in [0.15, 0.2) is 16.8 Å². The Labute approximate surface area is 80.7 Å². The van der Waals surface area contributed by atoms with Crippen LogP contribution in [0, 0.1) is 0 Å². The van der Waals surface area contributed by atoms with E-state index in [1.54, 1.807) is 11.0 Å². The van der Waals surface area contributed by atoms with Crippen LogP contribution < -0.4 is 0 Å². The summed E-state index contributed by atoms with van der Waals surface area (Å²) in [5.74, 6) is 0.536. The molecule has 1 aromatic rings. The number of ketones is 1. The van der Waals surface area contributed by atoms with Gasteiger partial charge in [-0.3, -0.25) is 9.59 Å². The summed E-state index contributed by atoms with van der Waals surface area (Å²) in [4.78, 5) is 23.9. The SMILES string of the molecule is O=C1CCN(Cc2ccno2)C(=O)C1. The minimum absolute atomic E-state index is 0.0174. The molecule has 0 spiro atoms. The molecule has 1 aliphatic heterocycles. The maximum Gasteiger partial charge on any atom is 0.230 e. The second-order valence-electron chi connectivity index (χ2n) is 3.26. The number of piperidine rings is 1. The molecule has 5 nitrogen and oxygen atoms in total. The highest BCUT2D eigenvalue weighted by Crippen LogP contribution is 2.11. The van der Waals surface area contributed by atoms with E-state index in [1.807, 2.05) is 0 Å². The van der Waals surface area contributed by atoms with Gasteiger partial charge in [-0.05, 0) is 0 Å². The molecule has 1 fully saturated rings. The lowest BCUT2D eigenvalue weighted by atomic mass is 10.1. The third-order valence-electron chi connectivity index (χ3n) is 2.20. The molecule has 14 heavy (non-hydrogen) atoms. The number of Topliss-reactive ketones (excluding diaryl/α,β-unsaturated/α-hetero) is 1. The summed E-state index contributed by atoms with van der Waals surface area (Å²) >= 11 is 0. The van der Waals surface area contributed by atoms with Crippen LogP contribution in [0.3, 0.4) is 0 Å². The summed E-state index contributed by atoms with van der Waals surface area (Å²) in [6, 6.07) is 1.71. The van der Waals surface area contributed by atoms with E-state index in [1.165, 1.54) is 6.20 Å². The van der Waals surface area contributed by atoms with Crippen LogP contribution in [0.1, 0.15) is 18.6 Å². The second-order valence-corrected chi connectivity index (χ2v) is 3.26. The molecular weight excluding hydrogens is 184 g/mol. The largest absolute Gasteiger partial charge is 0.360 e. The smallest absolute Gasteiger partial charge is 0.230 e. The van der Waals surface area contributed by atoms with Crippen LogP contribution in [0.2, 0.25) is 0 Å². The summed E-state index contributed by atoms with van der Waals surface area (Å²) in [6.07, 6.45) is 2.00. The lowest BCUT2D eigenvalue weighted by molar-refractivity contribution is -0.140. The van der Waals surface area contributed by atoms with E-state index in [4.69, 9.17) is 4.52 Å². The van der Waals surface area contributed by atoms with Crippen molar-refractivity contribution in [2.75, 3.05) is 6.54 Å². The number of carbonyl (C=O) groups excluding carboxylic acids is 2. The van der Waals surface area contributed by atoms with Gasteiger partial charge in [0.05, 0.1) is 19.2 Å². The molecule has 0 aromatic carbocycles. The van der Waals surface area contributed by atoms with Gasteiger partial charge in [0, 0.05) is 19.0 Å². The van der Waals surface area contributed by atoms with Gasteiger partial charge in [-0.1, -0.05) is 5.16 Å². The van der Waals surface area contributed by atoms with Gasteiger partial charge in [0.1, 0.15) is 5.78 Å². The Hall–Kier alpha value is -1.65. The summed E-state index contributed by atoms with van der Waals surface area (Å²) in [7, 11) is 0. The van der Waals surface area contributed by atoms with Crippen LogP contribution in [-0.2, 0) is 16.1 Å². The van der Waals surface area contributed by atoms with Gasteiger partial charge < -0.3 is 9.42 Å². The van der Waals surface area contributed by atoms with Gasteiger partial charge in [-0.25, -0.2) is 0 Å². The lowest BCUT2D eigenvalue weighted by Gasteiger charge is -2.24. The van der Waals surface area contributed by atoms with Crippen molar-refractivity contribution in [2.24, 2.45) is 0 Å². The Kier molecular flexibility index (Phi) is 2.30. The van der Waals surface area contributed by atoms with Gasteiger partial charge in [-0.2, -0.15) is 0 Å². The monoisotopic (exact) mass is 194 g/mol. The van der Waals surface area contributed by atoms with Gasteiger partial charge in [0.15, 0.2) is 5.76 Å². The Morgan fingerprint density at radius 1 is 1.50 bits per heavy atom. The zero-order valence-electron chi connectivity index (χ0n) is 7.60. The summed E-state index contributed by atoms with van der Waals surface area (Å²) in [5.41, 5.74) is 0. The number of carbonyl (C=O) groups is 2. The highest BCUT2D eigenvalue weighted by molar-refractivity contribution is 6.00. The highest BCUT2D eigenvalue weighted by atomic mass is 16.5. The molecule has 0 N–H and O–H groups in total. The summed E-state index contributed by atoms with van der Waals surface area (Å²) in [6.45, 7) is 0.893. The van der Waals surface area contributed by atoms with Crippen molar-refractivity contribution < 1.29 is 14.1 Å². The zero-order valence-corrected chi connectivity index (χ0v) is 7.60. The number of aromatic nitrogens is 1. The fourth-order valence-corrected chi connectivity index (χ4v) is 1.43. The zero-order chi connectivity index (χ0) is 9.97. The molecule has 0 unspecified atom stereocenters. The molecule has 0 saturated carbocycles. The van der Waals surface area contributed by atoms with Crippen LogP contribution in [-0.4, -0.2) is 28.3 Å². The average molecular weight is 194 g/mol. The molecule has 0 radical (unpaired) electrons. The molecule has 5 heteroatoms. The maximum atomic E-state index is 11.4. The van der Waals surface area contributed by atoms with Crippen molar-refractivity contribution in [3.8, 4) is 0 Å². The van der Waals surface area contributed by atoms with Crippen LogP contribution >= 0.6 is 0 Å². The fourth-order valence-electron chi connectivity index (χ4n) is 1.43. The highest BCUT2D eigenvalue weighted by Gasteiger charge is 2.24. The number of amides is 1. The van der Waals surface area contributed by atoms with Crippen LogP contribution in [0.4, 0.5) is 0 Å². The van der Waals surface area contributed by atoms with Crippen molar-refractivity contribution in [3.05, 3.63) is 18.0 Å². The van der Waals surface area contributed by atoms with Crippen LogP contribution in [0.5, 0.6) is 0 Å². The molecule has 0 atom stereocenters. The first-order valence-corrected chi connectivity index (χ1v) is 4.45. The van der Waals surface area contributed by atoms with Gasteiger partial charge in [0.25, 0.3) is 0 Å². The Bertz CT molecular complexity index is 345. The van der Waals surface area contributed by atoms with E-state index < -0.39 is 0 Å². The number of nitrogens with zero attached hydrogens (tertiary/aromatic N) is 2. The number of hydrogen-bond acceptors (Lipinski definition) is 4. The third-order valence-corrected chi connectivity index (χ3v) is 2.20. The van der Waals surface area contributed by atoms with Crippen molar-refractivity contribution in [1.29, 1.82) is 0 Å². The van der Waals surface area contributed by atoms with E-state index in [0.717, 1.165) is 0 Å². The average Bonchev–Trinajstić information content (AvgIpc) is 2.62. The van der Waals surface area contributed by atoms with Crippen LogP contribution in [0.25, 0.3) is 0 Å². The molecule has 2 rings (SSSR count). The number of likely N-dealkylation sites (tertiary alicyclic amines) is 1. The molecule has 0 bridgehead atoms. The third kappa shape index (κ3) is 1.81. The second kappa shape index (κ2) is 3.61. The molecule has 74 valence electrons. The minimum Gasteiger partial charge on any atom is -0.360 e. The van der Waals surface area contributed by atoms with Gasteiger partial charge >= 0.3 is 0 Å². The predicted octanol–water partition coefficient (Wildman–Crippen LogP) is 0.366. The Balaban J connectivity index is 1.99. The fraction of sp³-hybridized carbons (Fsp3) is 0.444. The molecule has 2 heterocycles. The number of hydrogen-bond donors (Lipinski definition) is 0. The van der Waals surface area contributed by atoms with E-state index in [-0.39, 0.29) is 18.1 Å². The Morgan fingerprint density at radius 3 is 3.00 bits per heavy atom. The Morgan fingerprint density at radius 2 is 2.36 bits per heavy atom. The molecule has 1 amide bonds. The molecule has 1 aromatic heterocycles. The summed E-state index contributed by atoms with van der Waals surface area (Å²) in [5, 5.41) is 3.55. The van der Waals surface area contributed by atoms with E-state index in [9.17, 15) is 9.59 Å². The lowest BCUT2D eigenvalue weighted by Crippen LogP contribution is -2.38. The first-order valence-electron chi connectivity index (χ1n) is 4.45. The van der Waals surface area contributed by atoms with Crippen molar-refractivity contribution >= 4 is 11.7 Å². The van der Waals surface area contributed by atoms with Crippen molar-refractivity contribution in [2.45, 2.75) is 19.4 Å². The quantitative estimate of drug-likeness (QED) is 0.638. The predicted molar refractivity (Wildman–Crippen MR) is 46.2 cm³/mol. The first kappa shape index (κ1) is 8.93. The normalized spacial score (nSPS) is 17.6. The maximum absolute atomic E-state index is 11.4. The van der Waals surface area contributed by atoms with E-state index in [2.05, 4.69) is 5.16 Å². The van der Waals surface area contributed by atoms with E-state index in [0.29, 0.717) is 25.3 Å². The molecule has 1 saturated heterocycles. The van der Waals surface area contributed by atoms with Gasteiger partial charge in [0.2, 0.25) is 5.91 Å². The molecular formula is C9H10N2O3. The molecule has 0 aliphatic carbocycles.